The third kappa shape index (κ3) is 5.97. The summed E-state index contributed by atoms with van der Waals surface area (Å²) in [7, 11) is -2.35. The van der Waals surface area contributed by atoms with E-state index in [2.05, 4.69) is 11.8 Å². The van der Waals surface area contributed by atoms with Crippen LogP contribution >= 0.6 is 11.8 Å². The number of likely N-dealkylation sites (N-methyl/N-ethyl adjacent to an activating group) is 1. The summed E-state index contributed by atoms with van der Waals surface area (Å²) in [5.74, 6) is -3.17. The van der Waals surface area contributed by atoms with Crippen molar-refractivity contribution in [2.75, 3.05) is 37.8 Å². The highest BCUT2D eigenvalue weighted by Crippen LogP contribution is 2.42. The highest BCUT2D eigenvalue weighted by atomic mass is 32.2. The van der Waals surface area contributed by atoms with Crippen molar-refractivity contribution < 1.29 is 32.2 Å². The molecule has 2 aliphatic rings. The summed E-state index contributed by atoms with van der Waals surface area (Å²) in [5.41, 5.74) is 0.543. The Morgan fingerprint density at radius 1 is 1.28 bits per heavy atom. The van der Waals surface area contributed by atoms with Crippen molar-refractivity contribution in [1.82, 2.24) is 9.21 Å². The van der Waals surface area contributed by atoms with E-state index in [1.165, 1.54) is 22.1 Å². The van der Waals surface area contributed by atoms with Crippen LogP contribution in [0.25, 0.3) is 0 Å². The van der Waals surface area contributed by atoms with Crippen molar-refractivity contribution in [3.05, 3.63) is 24.2 Å². The summed E-state index contributed by atoms with van der Waals surface area (Å²) in [4.78, 5) is 27.2. The highest BCUT2D eigenvalue weighted by molar-refractivity contribution is 7.98. The van der Waals surface area contributed by atoms with Gasteiger partial charge in [-0.05, 0) is 31.6 Å². The Kier molecular flexibility index (Phi) is 9.28. The van der Waals surface area contributed by atoms with Gasteiger partial charge in [0.25, 0.3) is 0 Å². The zero-order chi connectivity index (χ0) is 26.6. The number of carboxylic acid groups (broad SMARTS) is 1. The number of thioether (sulfide) groups is 1. The van der Waals surface area contributed by atoms with Gasteiger partial charge in [0.15, 0.2) is 0 Å². The smallest absolute Gasteiger partial charge is 0.368 e. The number of aliphatic carboxylic acids is 1. The van der Waals surface area contributed by atoms with Gasteiger partial charge in [-0.3, -0.25) is 4.79 Å². The van der Waals surface area contributed by atoms with Gasteiger partial charge in [0.1, 0.15) is 16.9 Å². The molecular formula is C24H34FN3O6S2. The average Bonchev–Trinajstić information content (AvgIpc) is 2.93. The summed E-state index contributed by atoms with van der Waals surface area (Å²) < 4.78 is 47.8. The van der Waals surface area contributed by atoms with E-state index in [4.69, 9.17) is 9.84 Å². The second kappa shape index (κ2) is 11.8. The molecule has 0 saturated carbocycles. The molecule has 9 nitrogen and oxygen atoms in total. The number of unbranched alkanes of at least 4 members (excludes halogenated alkanes) is 1. The maximum Gasteiger partial charge on any atom is 0.368 e. The lowest BCUT2D eigenvalue weighted by atomic mass is 10.00. The lowest BCUT2D eigenvalue weighted by molar-refractivity contribution is -0.134. The number of anilines is 1. The highest BCUT2D eigenvalue weighted by Gasteiger charge is 2.40. The SMILES string of the molecule is CCCC[C@@H]1CN(C2CCN(C(C)=O)CC2)c2cc(SC)c(O/C=C(\F)C(=O)O)cc2S(=O)(=O)N1C. The third-order valence-electron chi connectivity index (χ3n) is 6.87. The van der Waals surface area contributed by atoms with Crippen LogP contribution in [0.2, 0.25) is 0 Å². The van der Waals surface area contributed by atoms with Gasteiger partial charge in [0.2, 0.25) is 21.8 Å². The number of sulfonamides is 1. The van der Waals surface area contributed by atoms with Crippen LogP contribution in [0.3, 0.4) is 0 Å². The molecule has 1 amide bonds. The van der Waals surface area contributed by atoms with E-state index >= 15 is 0 Å². The van der Waals surface area contributed by atoms with Crippen LogP contribution in [0.5, 0.6) is 5.75 Å². The number of halogens is 1. The topological polar surface area (TPSA) is 107 Å². The molecule has 1 fully saturated rings. The van der Waals surface area contributed by atoms with Gasteiger partial charge in [-0.25, -0.2) is 13.2 Å². The van der Waals surface area contributed by atoms with Crippen LogP contribution in [0.1, 0.15) is 46.0 Å². The third-order valence-corrected chi connectivity index (χ3v) is 9.57. The Morgan fingerprint density at radius 3 is 2.50 bits per heavy atom. The summed E-state index contributed by atoms with van der Waals surface area (Å²) in [6, 6.07) is 2.88. The number of benzene rings is 1. The number of carbonyl (C=O) groups is 2. The second-order valence-electron chi connectivity index (χ2n) is 9.07. The first kappa shape index (κ1) is 28.3. The standard InChI is InChI=1S/C24H34FN3O6S2/c1-5-6-7-18-14-28(17-8-10-27(11-9-17)16(2)29)20-12-22(35-4)21(34-15-19(25)24(30)31)13-23(20)36(32,33)26(18)3/h12-13,15,17-18H,5-11,14H2,1-4H3,(H,30,31)/b19-15-/t18-/m1/s1. The lowest BCUT2D eigenvalue weighted by Gasteiger charge is -2.40. The van der Waals surface area contributed by atoms with Crippen LogP contribution in [0.4, 0.5) is 10.1 Å². The van der Waals surface area contributed by atoms with Crippen molar-refractivity contribution in [3.63, 3.8) is 0 Å². The first-order valence-electron chi connectivity index (χ1n) is 12.0. The normalized spacial score (nSPS) is 21.1. The number of likely N-dealkylation sites (tertiary alicyclic amines) is 1. The van der Waals surface area contributed by atoms with Crippen molar-refractivity contribution in [2.24, 2.45) is 0 Å². The molecule has 12 heteroatoms. The monoisotopic (exact) mass is 543 g/mol. The van der Waals surface area contributed by atoms with Gasteiger partial charge in [0.05, 0.1) is 10.6 Å². The number of carbonyl (C=O) groups excluding carboxylic acids is 1. The number of piperidine rings is 1. The predicted molar refractivity (Wildman–Crippen MR) is 137 cm³/mol. The molecule has 1 aromatic carbocycles. The van der Waals surface area contributed by atoms with E-state index in [1.54, 1.807) is 31.2 Å². The first-order chi connectivity index (χ1) is 17.0. The molecule has 0 aliphatic carbocycles. The number of nitrogens with zero attached hydrogens (tertiary/aromatic N) is 3. The molecule has 200 valence electrons. The van der Waals surface area contributed by atoms with E-state index < -0.39 is 21.8 Å². The van der Waals surface area contributed by atoms with Crippen LogP contribution in [0.15, 0.2) is 34.0 Å². The molecule has 0 radical (unpaired) electrons. The van der Waals surface area contributed by atoms with E-state index in [0.29, 0.717) is 55.7 Å². The van der Waals surface area contributed by atoms with Gasteiger partial charge in [-0.2, -0.15) is 8.70 Å². The summed E-state index contributed by atoms with van der Waals surface area (Å²) in [5, 5.41) is 8.80. The number of ether oxygens (including phenoxy) is 1. The van der Waals surface area contributed by atoms with E-state index in [-0.39, 0.29) is 28.6 Å². The minimum absolute atomic E-state index is 0.0287. The number of amides is 1. The largest absolute Gasteiger partial charge is 0.476 e. The van der Waals surface area contributed by atoms with E-state index in [1.807, 2.05) is 0 Å². The van der Waals surface area contributed by atoms with Crippen molar-refractivity contribution in [3.8, 4) is 5.75 Å². The summed E-state index contributed by atoms with van der Waals surface area (Å²) in [6.45, 7) is 5.33. The Bertz CT molecular complexity index is 1120. The van der Waals surface area contributed by atoms with Crippen molar-refractivity contribution in [2.45, 2.75) is 67.8 Å². The van der Waals surface area contributed by atoms with Crippen LogP contribution < -0.4 is 9.64 Å². The molecule has 1 N–H and O–H groups in total. The summed E-state index contributed by atoms with van der Waals surface area (Å²) >= 11 is 1.29. The molecule has 1 saturated heterocycles. The molecule has 0 bridgehead atoms. The maximum absolute atomic E-state index is 13.8. The average molecular weight is 544 g/mol. The zero-order valence-corrected chi connectivity index (χ0v) is 22.7. The minimum atomic E-state index is -3.93. The molecular weight excluding hydrogens is 509 g/mol. The molecule has 1 atom stereocenters. The molecule has 36 heavy (non-hydrogen) atoms. The number of fused-ring (bicyclic) bond motifs is 1. The van der Waals surface area contributed by atoms with Crippen LogP contribution in [0, 0.1) is 0 Å². The molecule has 3 rings (SSSR count). The fourth-order valence-electron chi connectivity index (χ4n) is 4.72. The molecule has 1 aromatic rings. The Morgan fingerprint density at radius 2 is 1.94 bits per heavy atom. The number of hydrogen-bond acceptors (Lipinski definition) is 7. The molecule has 0 spiro atoms. The lowest BCUT2D eigenvalue weighted by Crippen LogP contribution is -2.50. The predicted octanol–water partition coefficient (Wildman–Crippen LogP) is 3.69. The Balaban J connectivity index is 2.11. The molecule has 2 aliphatic heterocycles. The quantitative estimate of drug-likeness (QED) is 0.301. The number of carboxylic acids is 1. The number of hydrogen-bond donors (Lipinski definition) is 1. The van der Waals surface area contributed by atoms with Gasteiger partial charge in [0, 0.05) is 51.8 Å². The fourth-order valence-corrected chi connectivity index (χ4v) is 6.83. The van der Waals surface area contributed by atoms with Crippen molar-refractivity contribution in [1.29, 1.82) is 0 Å². The van der Waals surface area contributed by atoms with E-state index in [9.17, 15) is 22.4 Å². The number of rotatable bonds is 8. The maximum atomic E-state index is 13.8. The van der Waals surface area contributed by atoms with Crippen LogP contribution in [-0.2, 0) is 19.6 Å². The second-order valence-corrected chi connectivity index (χ2v) is 11.9. The fraction of sp³-hybridized carbons (Fsp3) is 0.583. The van der Waals surface area contributed by atoms with Crippen LogP contribution in [-0.4, -0.2) is 79.6 Å². The van der Waals surface area contributed by atoms with Gasteiger partial charge < -0.3 is 19.6 Å². The molecule has 2 heterocycles. The van der Waals surface area contributed by atoms with Gasteiger partial charge in [-0.1, -0.05) is 19.8 Å². The zero-order valence-electron chi connectivity index (χ0n) is 21.1. The molecule has 0 unspecified atom stereocenters. The van der Waals surface area contributed by atoms with Gasteiger partial charge in [-0.15, -0.1) is 11.8 Å². The minimum Gasteiger partial charge on any atom is -0.476 e. The Hall–Kier alpha value is -2.31. The first-order valence-corrected chi connectivity index (χ1v) is 14.7. The van der Waals surface area contributed by atoms with Crippen molar-refractivity contribution >= 4 is 39.3 Å². The van der Waals surface area contributed by atoms with Gasteiger partial charge >= 0.3 is 5.97 Å². The van der Waals surface area contributed by atoms with E-state index in [0.717, 1.165) is 12.8 Å². The summed E-state index contributed by atoms with van der Waals surface area (Å²) in [6.07, 6.45) is 6.18. The Labute approximate surface area is 216 Å². The molecule has 0 aromatic heterocycles.